The number of aliphatic hydroxyl groups is 2. The predicted octanol–water partition coefficient (Wildman–Crippen LogP) is 0.458. The van der Waals surface area contributed by atoms with Gasteiger partial charge < -0.3 is 14.9 Å². The van der Waals surface area contributed by atoms with Crippen LogP contribution < -0.4 is 0 Å². The van der Waals surface area contributed by atoms with Gasteiger partial charge in [-0.05, 0) is 12.5 Å². The van der Waals surface area contributed by atoms with Gasteiger partial charge in [0, 0.05) is 5.56 Å². The molecule has 0 saturated heterocycles. The van der Waals surface area contributed by atoms with E-state index < -0.39 is 24.5 Å². The molecular weight excluding hydrogens is 224 g/mol. The normalized spacial score (nSPS) is 11.9. The van der Waals surface area contributed by atoms with E-state index in [4.69, 9.17) is 5.11 Å². The lowest BCUT2D eigenvalue weighted by atomic mass is 9.99. The van der Waals surface area contributed by atoms with Crippen LogP contribution in [0.25, 0.3) is 0 Å². The number of hydrogen-bond donors (Lipinski definition) is 2. The van der Waals surface area contributed by atoms with Crippen molar-refractivity contribution in [1.82, 2.24) is 0 Å². The van der Waals surface area contributed by atoms with E-state index >= 15 is 0 Å². The van der Waals surface area contributed by atoms with Crippen molar-refractivity contribution in [2.45, 2.75) is 13.0 Å². The predicted molar refractivity (Wildman–Crippen MR) is 59.5 cm³/mol. The van der Waals surface area contributed by atoms with Crippen LogP contribution >= 0.6 is 0 Å². The molecule has 1 aromatic carbocycles. The van der Waals surface area contributed by atoms with Gasteiger partial charge in [0.1, 0.15) is 6.10 Å². The van der Waals surface area contributed by atoms with Gasteiger partial charge >= 0.3 is 5.97 Å². The largest absolute Gasteiger partial charge is 0.460 e. The first-order chi connectivity index (χ1) is 8.11. The van der Waals surface area contributed by atoms with Crippen LogP contribution in [0.3, 0.4) is 0 Å². The zero-order chi connectivity index (χ0) is 12.8. The molecule has 5 nitrogen and oxygen atoms in total. The lowest BCUT2D eigenvalue weighted by Crippen LogP contribution is -2.20. The Labute approximate surface area is 98.6 Å². The van der Waals surface area contributed by atoms with Crippen LogP contribution in [0.4, 0.5) is 0 Å². The van der Waals surface area contributed by atoms with E-state index in [1.165, 1.54) is 12.1 Å². The molecule has 1 atom stereocenters. The van der Waals surface area contributed by atoms with E-state index in [1.54, 1.807) is 19.1 Å². The van der Waals surface area contributed by atoms with Gasteiger partial charge in [-0.2, -0.15) is 0 Å². The lowest BCUT2D eigenvalue weighted by Gasteiger charge is -2.11. The molecule has 5 heteroatoms. The van der Waals surface area contributed by atoms with Gasteiger partial charge in [0.05, 0.1) is 13.2 Å². The highest BCUT2D eigenvalue weighted by molar-refractivity contribution is 6.41. The van der Waals surface area contributed by atoms with E-state index in [9.17, 15) is 14.7 Å². The van der Waals surface area contributed by atoms with Crippen molar-refractivity contribution in [3.8, 4) is 0 Å². The number of esters is 1. The Hall–Kier alpha value is -1.72. The van der Waals surface area contributed by atoms with Crippen LogP contribution in [-0.2, 0) is 9.53 Å². The lowest BCUT2D eigenvalue weighted by molar-refractivity contribution is -0.137. The highest BCUT2D eigenvalue weighted by atomic mass is 16.5. The van der Waals surface area contributed by atoms with Crippen molar-refractivity contribution in [2.75, 3.05) is 13.2 Å². The van der Waals surface area contributed by atoms with Crippen molar-refractivity contribution >= 4 is 11.8 Å². The summed E-state index contributed by atoms with van der Waals surface area (Å²) >= 11 is 0. The molecule has 0 spiro atoms. The van der Waals surface area contributed by atoms with Crippen molar-refractivity contribution in [2.24, 2.45) is 0 Å². The summed E-state index contributed by atoms with van der Waals surface area (Å²) in [7, 11) is 0. The van der Waals surface area contributed by atoms with Crippen molar-refractivity contribution < 1.29 is 24.5 Å². The first kappa shape index (κ1) is 13.3. The average Bonchev–Trinajstić information content (AvgIpc) is 2.37. The highest BCUT2D eigenvalue weighted by Gasteiger charge is 2.22. The molecular formula is C12H14O5. The average molecular weight is 238 g/mol. The zero-order valence-electron chi connectivity index (χ0n) is 9.42. The Morgan fingerprint density at radius 1 is 1.35 bits per heavy atom. The quantitative estimate of drug-likeness (QED) is 0.442. The molecule has 1 unspecified atom stereocenters. The first-order valence-electron chi connectivity index (χ1n) is 5.21. The number of ketones is 1. The molecule has 92 valence electrons. The highest BCUT2D eigenvalue weighted by Crippen LogP contribution is 2.18. The number of rotatable bonds is 5. The molecule has 0 bridgehead atoms. The third-order valence-electron chi connectivity index (χ3n) is 2.20. The summed E-state index contributed by atoms with van der Waals surface area (Å²) in [6.07, 6.45) is -1.19. The van der Waals surface area contributed by atoms with Crippen molar-refractivity contribution in [3.63, 3.8) is 0 Å². The molecule has 2 N–H and O–H groups in total. The minimum absolute atomic E-state index is 0.0486. The molecule has 0 aliphatic rings. The molecule has 17 heavy (non-hydrogen) atoms. The molecule has 0 aromatic heterocycles. The molecule has 0 radical (unpaired) electrons. The monoisotopic (exact) mass is 238 g/mol. The second kappa shape index (κ2) is 6.12. The topological polar surface area (TPSA) is 83.8 Å². The Bertz CT molecular complexity index is 413. The standard InChI is InChI=1S/C12H14O5/c1-2-17-12(16)11(15)9-6-4-3-5-8(9)10(14)7-13/h3-6,10,13-14H,2,7H2,1H3. The number of carbonyl (C=O) groups is 2. The molecule has 0 amide bonds. The van der Waals surface area contributed by atoms with Crippen LogP contribution in [-0.4, -0.2) is 35.2 Å². The van der Waals surface area contributed by atoms with E-state index in [2.05, 4.69) is 4.74 Å². The number of Topliss-reactive ketones (excluding diaryl/α,β-unsaturated/α-hetero) is 1. The number of hydrogen-bond acceptors (Lipinski definition) is 5. The summed E-state index contributed by atoms with van der Waals surface area (Å²) in [4.78, 5) is 23.0. The summed E-state index contributed by atoms with van der Waals surface area (Å²) in [6, 6.07) is 6.07. The number of benzene rings is 1. The SMILES string of the molecule is CCOC(=O)C(=O)c1ccccc1C(O)CO. The maximum absolute atomic E-state index is 11.7. The van der Waals surface area contributed by atoms with Gasteiger partial charge in [0.2, 0.25) is 0 Å². The number of aliphatic hydroxyl groups excluding tert-OH is 2. The molecule has 0 heterocycles. The fraction of sp³-hybridized carbons (Fsp3) is 0.333. The molecule has 0 aliphatic heterocycles. The fourth-order valence-electron chi connectivity index (χ4n) is 1.40. The second-order valence-electron chi connectivity index (χ2n) is 3.34. The molecule has 1 rings (SSSR count). The van der Waals surface area contributed by atoms with Gasteiger partial charge in [-0.1, -0.05) is 24.3 Å². The van der Waals surface area contributed by atoms with E-state index in [1.807, 2.05) is 0 Å². The fourth-order valence-corrected chi connectivity index (χ4v) is 1.40. The minimum Gasteiger partial charge on any atom is -0.460 e. The van der Waals surface area contributed by atoms with E-state index in [-0.39, 0.29) is 17.7 Å². The third kappa shape index (κ3) is 3.12. The second-order valence-corrected chi connectivity index (χ2v) is 3.34. The van der Waals surface area contributed by atoms with Crippen LogP contribution in [0.2, 0.25) is 0 Å². The third-order valence-corrected chi connectivity index (χ3v) is 2.20. The smallest absolute Gasteiger partial charge is 0.379 e. The number of ether oxygens (including phenoxy) is 1. The Morgan fingerprint density at radius 3 is 2.59 bits per heavy atom. The number of carbonyl (C=O) groups excluding carboxylic acids is 2. The Balaban J connectivity index is 3.05. The maximum Gasteiger partial charge on any atom is 0.379 e. The summed E-state index contributed by atoms with van der Waals surface area (Å²) in [5, 5.41) is 18.4. The molecule has 0 fully saturated rings. The van der Waals surface area contributed by atoms with Crippen molar-refractivity contribution in [3.05, 3.63) is 35.4 Å². The Morgan fingerprint density at radius 2 is 2.00 bits per heavy atom. The minimum atomic E-state index is -1.19. The van der Waals surface area contributed by atoms with Crippen LogP contribution in [0.5, 0.6) is 0 Å². The van der Waals surface area contributed by atoms with Crippen LogP contribution in [0, 0.1) is 0 Å². The molecule has 0 saturated carbocycles. The summed E-state index contributed by atoms with van der Waals surface area (Å²) < 4.78 is 4.59. The van der Waals surface area contributed by atoms with Gasteiger partial charge in [0.15, 0.2) is 0 Å². The molecule has 0 aliphatic carbocycles. The van der Waals surface area contributed by atoms with Gasteiger partial charge in [0.25, 0.3) is 5.78 Å². The van der Waals surface area contributed by atoms with Gasteiger partial charge in [-0.25, -0.2) is 4.79 Å². The van der Waals surface area contributed by atoms with Crippen molar-refractivity contribution in [1.29, 1.82) is 0 Å². The zero-order valence-corrected chi connectivity index (χ0v) is 9.42. The summed E-state index contributed by atoms with van der Waals surface area (Å²) in [5.41, 5.74) is 0.264. The summed E-state index contributed by atoms with van der Waals surface area (Å²) in [5.74, 6) is -1.79. The summed E-state index contributed by atoms with van der Waals surface area (Å²) in [6.45, 7) is 1.18. The molecule has 1 aromatic rings. The van der Waals surface area contributed by atoms with Crippen LogP contribution in [0.15, 0.2) is 24.3 Å². The van der Waals surface area contributed by atoms with Crippen LogP contribution in [0.1, 0.15) is 28.9 Å². The maximum atomic E-state index is 11.7. The van der Waals surface area contributed by atoms with Gasteiger partial charge in [-0.15, -0.1) is 0 Å². The van der Waals surface area contributed by atoms with Gasteiger partial charge in [-0.3, -0.25) is 4.79 Å². The van der Waals surface area contributed by atoms with E-state index in [0.717, 1.165) is 0 Å². The van der Waals surface area contributed by atoms with E-state index in [0.29, 0.717) is 0 Å². The first-order valence-corrected chi connectivity index (χ1v) is 5.21. The Kier molecular flexibility index (Phi) is 4.81.